The minimum Gasteiger partial charge on any atom is -0.495 e. The van der Waals surface area contributed by atoms with E-state index in [4.69, 9.17) is 16.3 Å². The Morgan fingerprint density at radius 2 is 2.04 bits per heavy atom. The first-order valence-corrected chi connectivity index (χ1v) is 10.3. The van der Waals surface area contributed by atoms with Gasteiger partial charge in [-0.15, -0.1) is 0 Å². The summed E-state index contributed by atoms with van der Waals surface area (Å²) in [4.78, 5) is 21.2. The van der Waals surface area contributed by atoms with Crippen LogP contribution in [0.15, 0.2) is 36.7 Å². The zero-order valence-corrected chi connectivity index (χ0v) is 18.2. The van der Waals surface area contributed by atoms with E-state index in [1.807, 2.05) is 29.2 Å². The minimum atomic E-state index is 0.0546. The largest absolute Gasteiger partial charge is 0.495 e. The van der Waals surface area contributed by atoms with Crippen molar-refractivity contribution in [3.63, 3.8) is 0 Å². The molecule has 1 aliphatic heterocycles. The number of halogens is 2. The number of ether oxygens (including phenoxy) is 1. The van der Waals surface area contributed by atoms with Crippen LogP contribution in [0.3, 0.4) is 0 Å². The van der Waals surface area contributed by atoms with Gasteiger partial charge in [0.15, 0.2) is 5.65 Å². The van der Waals surface area contributed by atoms with Gasteiger partial charge in [0.1, 0.15) is 12.3 Å². The van der Waals surface area contributed by atoms with Crippen molar-refractivity contribution in [2.45, 2.75) is 6.54 Å². The zero-order valence-electron chi connectivity index (χ0n) is 15.3. The number of amides is 1. The Morgan fingerprint density at radius 1 is 1.25 bits per heavy atom. The number of hydrogen-bond acceptors (Lipinski definition) is 5. The number of fused-ring (bicyclic) bond motifs is 1. The van der Waals surface area contributed by atoms with Gasteiger partial charge in [-0.2, -0.15) is 5.10 Å². The summed E-state index contributed by atoms with van der Waals surface area (Å²) in [5.41, 5.74) is 1.79. The van der Waals surface area contributed by atoms with E-state index in [9.17, 15) is 4.79 Å². The summed E-state index contributed by atoms with van der Waals surface area (Å²) in [6.45, 7) is 3.03. The van der Waals surface area contributed by atoms with E-state index in [0.717, 1.165) is 33.4 Å². The lowest BCUT2D eigenvalue weighted by Gasteiger charge is -2.36. The van der Waals surface area contributed by atoms with Gasteiger partial charge in [-0.1, -0.05) is 11.6 Å². The molecule has 3 aromatic rings. The second-order valence-corrected chi connectivity index (χ2v) is 8.09. The third-order valence-electron chi connectivity index (χ3n) is 4.90. The summed E-state index contributed by atoms with van der Waals surface area (Å²) >= 11 is 8.36. The van der Waals surface area contributed by atoms with E-state index in [-0.39, 0.29) is 12.5 Å². The maximum absolute atomic E-state index is 12.8. The highest BCUT2D eigenvalue weighted by atomic mass is 127. The van der Waals surface area contributed by atoms with Crippen molar-refractivity contribution in [1.29, 1.82) is 0 Å². The molecule has 0 saturated carbocycles. The van der Waals surface area contributed by atoms with E-state index in [2.05, 4.69) is 37.6 Å². The Morgan fingerprint density at radius 3 is 2.79 bits per heavy atom. The van der Waals surface area contributed by atoms with Crippen LogP contribution in [0.25, 0.3) is 11.0 Å². The summed E-state index contributed by atoms with van der Waals surface area (Å²) in [5.74, 6) is 0.712. The molecule has 0 N–H and O–H groups in total. The summed E-state index contributed by atoms with van der Waals surface area (Å²) < 4.78 is 8.05. The highest BCUT2D eigenvalue weighted by Crippen LogP contribution is 2.29. The third kappa shape index (κ3) is 3.75. The van der Waals surface area contributed by atoms with E-state index in [1.165, 1.54) is 0 Å². The van der Waals surface area contributed by atoms with Crippen molar-refractivity contribution < 1.29 is 9.53 Å². The van der Waals surface area contributed by atoms with Crippen LogP contribution in [0, 0.1) is 3.57 Å². The zero-order chi connectivity index (χ0) is 19.7. The normalized spacial score (nSPS) is 14.5. The molecule has 2 aromatic heterocycles. The summed E-state index contributed by atoms with van der Waals surface area (Å²) in [5, 5.41) is 5.91. The molecule has 146 valence electrons. The minimum absolute atomic E-state index is 0.0546. The molecule has 4 rings (SSSR count). The number of carbonyl (C=O) groups excluding carboxylic acids is 1. The Bertz CT molecular complexity index is 1020. The van der Waals surface area contributed by atoms with Crippen LogP contribution in [0.4, 0.5) is 5.69 Å². The molecule has 0 aliphatic carbocycles. The second kappa shape index (κ2) is 8.12. The van der Waals surface area contributed by atoms with Crippen molar-refractivity contribution in [2.75, 3.05) is 38.2 Å². The Kier molecular flexibility index (Phi) is 5.58. The van der Waals surface area contributed by atoms with E-state index in [1.54, 1.807) is 24.2 Å². The fourth-order valence-electron chi connectivity index (χ4n) is 3.35. The van der Waals surface area contributed by atoms with E-state index in [0.29, 0.717) is 23.9 Å². The van der Waals surface area contributed by atoms with Crippen molar-refractivity contribution in [2.24, 2.45) is 0 Å². The topological polar surface area (TPSA) is 63.5 Å². The van der Waals surface area contributed by atoms with Crippen LogP contribution >= 0.6 is 34.2 Å². The van der Waals surface area contributed by atoms with Crippen LogP contribution < -0.4 is 9.64 Å². The highest BCUT2D eigenvalue weighted by Gasteiger charge is 2.23. The third-order valence-corrected chi connectivity index (χ3v) is 6.16. The lowest BCUT2D eigenvalue weighted by molar-refractivity contribution is -0.132. The molecule has 9 heteroatoms. The van der Waals surface area contributed by atoms with Gasteiger partial charge in [-0.3, -0.25) is 4.79 Å². The fourth-order valence-corrected chi connectivity index (χ4v) is 4.09. The lowest BCUT2D eigenvalue weighted by Crippen LogP contribution is -2.49. The summed E-state index contributed by atoms with van der Waals surface area (Å²) in [7, 11) is 1.61. The maximum Gasteiger partial charge on any atom is 0.244 e. The first-order valence-electron chi connectivity index (χ1n) is 8.89. The molecular formula is C19H19ClIN5O2. The number of methoxy groups -OCH3 is 1. The van der Waals surface area contributed by atoms with Crippen molar-refractivity contribution in [3.05, 3.63) is 45.3 Å². The van der Waals surface area contributed by atoms with Crippen LogP contribution in [0.2, 0.25) is 5.02 Å². The van der Waals surface area contributed by atoms with Gasteiger partial charge in [0.25, 0.3) is 0 Å². The maximum atomic E-state index is 12.8. The van der Waals surface area contributed by atoms with Crippen LogP contribution in [0.1, 0.15) is 0 Å². The predicted molar refractivity (Wildman–Crippen MR) is 117 cm³/mol. The van der Waals surface area contributed by atoms with Crippen LogP contribution in [0.5, 0.6) is 5.75 Å². The molecule has 3 heterocycles. The Hall–Kier alpha value is -2.07. The lowest BCUT2D eigenvalue weighted by atomic mass is 10.2. The molecule has 1 aromatic carbocycles. The number of rotatable bonds is 4. The first-order chi connectivity index (χ1) is 13.6. The smallest absolute Gasteiger partial charge is 0.244 e. The van der Waals surface area contributed by atoms with Gasteiger partial charge < -0.3 is 14.5 Å². The molecule has 1 fully saturated rings. The summed E-state index contributed by atoms with van der Waals surface area (Å²) in [6, 6.07) is 7.68. The van der Waals surface area contributed by atoms with E-state index >= 15 is 0 Å². The SMILES string of the molecule is COc1cc(N2CCN(C(=O)Cn3ncc4c(I)ccnc43)CC2)ccc1Cl. The fraction of sp³-hybridized carbons (Fsp3) is 0.316. The standard InChI is InChI=1S/C19H19ClIN5O2/c1-28-17-10-13(2-3-15(17)20)24-6-8-25(9-7-24)18(27)12-26-19-14(11-23-26)16(21)4-5-22-19/h2-5,10-11H,6-9,12H2,1H3. The van der Waals surface area contributed by atoms with Gasteiger partial charge in [-0.25, -0.2) is 9.67 Å². The molecule has 1 aliphatic rings. The molecule has 1 amide bonds. The van der Waals surface area contributed by atoms with Gasteiger partial charge in [0.05, 0.1) is 23.7 Å². The van der Waals surface area contributed by atoms with Gasteiger partial charge >= 0.3 is 0 Å². The summed E-state index contributed by atoms with van der Waals surface area (Å²) in [6.07, 6.45) is 3.51. The van der Waals surface area contributed by atoms with Crippen LogP contribution in [-0.2, 0) is 11.3 Å². The number of piperazine rings is 1. The predicted octanol–water partition coefficient (Wildman–Crippen LogP) is 3.05. The molecule has 0 bridgehead atoms. The van der Waals surface area contributed by atoms with Gasteiger partial charge in [0, 0.05) is 47.7 Å². The molecule has 0 atom stereocenters. The highest BCUT2D eigenvalue weighted by molar-refractivity contribution is 14.1. The van der Waals surface area contributed by atoms with E-state index < -0.39 is 0 Å². The monoisotopic (exact) mass is 511 g/mol. The molecule has 7 nitrogen and oxygen atoms in total. The average Bonchev–Trinajstić information content (AvgIpc) is 3.13. The number of carbonyl (C=O) groups is 1. The first kappa shape index (κ1) is 19.3. The molecule has 1 saturated heterocycles. The number of nitrogens with zero attached hydrogens (tertiary/aromatic N) is 5. The quantitative estimate of drug-likeness (QED) is 0.504. The van der Waals surface area contributed by atoms with Crippen LogP contribution in [-0.4, -0.2) is 58.9 Å². The van der Waals surface area contributed by atoms with Gasteiger partial charge in [-0.05, 0) is 40.8 Å². The molecule has 0 unspecified atom stereocenters. The number of anilines is 1. The van der Waals surface area contributed by atoms with Crippen molar-refractivity contribution in [1.82, 2.24) is 19.7 Å². The molecule has 0 radical (unpaired) electrons. The number of hydrogen-bond donors (Lipinski definition) is 0. The molecule has 28 heavy (non-hydrogen) atoms. The van der Waals surface area contributed by atoms with Gasteiger partial charge in [0.2, 0.25) is 5.91 Å². The number of pyridine rings is 1. The van der Waals surface area contributed by atoms with Crippen molar-refractivity contribution >= 4 is 56.8 Å². The van der Waals surface area contributed by atoms with Crippen molar-refractivity contribution in [3.8, 4) is 5.75 Å². The second-order valence-electron chi connectivity index (χ2n) is 6.52. The molecular weight excluding hydrogens is 493 g/mol. The Balaban J connectivity index is 1.40. The molecule has 0 spiro atoms. The number of aromatic nitrogens is 3. The Labute approximate surface area is 181 Å². The average molecular weight is 512 g/mol. The number of benzene rings is 1.